The van der Waals surface area contributed by atoms with Gasteiger partial charge in [0.05, 0.1) is 17.2 Å². The summed E-state index contributed by atoms with van der Waals surface area (Å²) in [5.74, 6) is -0.0555. The summed E-state index contributed by atoms with van der Waals surface area (Å²) in [5, 5.41) is 13.6. The van der Waals surface area contributed by atoms with Gasteiger partial charge in [0.2, 0.25) is 5.89 Å². The van der Waals surface area contributed by atoms with Gasteiger partial charge in [0.1, 0.15) is 11.8 Å². The molecule has 3 amide bonds. The third-order valence-corrected chi connectivity index (χ3v) is 5.41. The summed E-state index contributed by atoms with van der Waals surface area (Å²) in [4.78, 5) is 41.5. The van der Waals surface area contributed by atoms with Crippen LogP contribution in [0.1, 0.15) is 29.3 Å². The van der Waals surface area contributed by atoms with Crippen molar-refractivity contribution >= 4 is 17.6 Å². The number of nitrogens with zero attached hydrogens (tertiary/aromatic N) is 3. The van der Waals surface area contributed by atoms with E-state index in [1.165, 1.54) is 30.5 Å². The average Bonchev–Trinajstić information content (AvgIpc) is 3.27. The lowest BCUT2D eigenvalue weighted by Gasteiger charge is -2.21. The fraction of sp³-hybridized carbons (Fsp3) is 0.227. The molecule has 2 aromatic carbocycles. The molecule has 1 N–H and O–H groups in total. The highest BCUT2D eigenvalue weighted by Crippen LogP contribution is 2.31. The number of benzene rings is 2. The van der Waals surface area contributed by atoms with Gasteiger partial charge in [0.25, 0.3) is 11.6 Å². The van der Waals surface area contributed by atoms with Gasteiger partial charge in [-0.3, -0.25) is 19.8 Å². The highest BCUT2D eigenvalue weighted by Gasteiger charge is 2.49. The first-order chi connectivity index (χ1) is 14.7. The molecule has 0 saturated carbocycles. The van der Waals surface area contributed by atoms with E-state index in [0.29, 0.717) is 17.1 Å². The van der Waals surface area contributed by atoms with Gasteiger partial charge < -0.3 is 9.73 Å². The number of urea groups is 1. The molecule has 31 heavy (non-hydrogen) atoms. The van der Waals surface area contributed by atoms with Crippen LogP contribution >= 0.6 is 0 Å². The van der Waals surface area contributed by atoms with E-state index in [1.807, 2.05) is 32.0 Å². The van der Waals surface area contributed by atoms with Crippen LogP contribution in [0.25, 0.3) is 11.5 Å². The Labute approximate surface area is 177 Å². The normalized spacial score (nSPS) is 18.4. The second-order valence-corrected chi connectivity index (χ2v) is 7.71. The van der Waals surface area contributed by atoms with Crippen LogP contribution in [0.4, 0.5) is 10.5 Å². The molecule has 2 heterocycles. The van der Waals surface area contributed by atoms with E-state index in [1.54, 1.807) is 6.92 Å². The molecule has 9 heteroatoms. The Morgan fingerprint density at radius 1 is 1.16 bits per heavy atom. The van der Waals surface area contributed by atoms with Crippen molar-refractivity contribution in [1.82, 2.24) is 15.2 Å². The highest BCUT2D eigenvalue weighted by molar-refractivity contribution is 6.07. The maximum absolute atomic E-state index is 13.1. The molecular formula is C22H20N4O5. The fourth-order valence-electron chi connectivity index (χ4n) is 3.67. The minimum Gasteiger partial charge on any atom is -0.444 e. The zero-order chi connectivity index (χ0) is 22.3. The molecule has 158 valence electrons. The predicted molar refractivity (Wildman–Crippen MR) is 111 cm³/mol. The largest absolute Gasteiger partial charge is 0.444 e. The van der Waals surface area contributed by atoms with Crippen molar-refractivity contribution in [2.75, 3.05) is 0 Å². The Hall–Kier alpha value is -4.01. The van der Waals surface area contributed by atoms with E-state index in [2.05, 4.69) is 10.3 Å². The van der Waals surface area contributed by atoms with Gasteiger partial charge in [0, 0.05) is 17.7 Å². The zero-order valence-electron chi connectivity index (χ0n) is 17.2. The minimum atomic E-state index is -1.33. The lowest BCUT2D eigenvalue weighted by Crippen LogP contribution is -2.40. The highest BCUT2D eigenvalue weighted by atomic mass is 16.6. The SMILES string of the molecule is Cc1ccc(-c2nc(CN3C(=O)NC(C)(c4ccc([N+](=O)[O-])cc4)C3=O)co2)c(C)c1. The third-order valence-electron chi connectivity index (χ3n) is 5.41. The summed E-state index contributed by atoms with van der Waals surface area (Å²) >= 11 is 0. The quantitative estimate of drug-likeness (QED) is 0.381. The van der Waals surface area contributed by atoms with E-state index in [0.717, 1.165) is 21.6 Å². The lowest BCUT2D eigenvalue weighted by atomic mass is 9.92. The maximum atomic E-state index is 13.1. The summed E-state index contributed by atoms with van der Waals surface area (Å²) in [7, 11) is 0. The average molecular weight is 420 g/mol. The first kappa shape index (κ1) is 20.3. The molecule has 0 aliphatic carbocycles. The molecule has 0 radical (unpaired) electrons. The van der Waals surface area contributed by atoms with Crippen molar-refractivity contribution in [2.24, 2.45) is 0 Å². The first-order valence-electron chi connectivity index (χ1n) is 9.60. The second-order valence-electron chi connectivity index (χ2n) is 7.71. The number of aromatic nitrogens is 1. The Bertz CT molecular complexity index is 1200. The number of hydrogen-bond acceptors (Lipinski definition) is 6. The van der Waals surface area contributed by atoms with Gasteiger partial charge in [-0.05, 0) is 50.1 Å². The molecule has 0 spiro atoms. The van der Waals surface area contributed by atoms with Gasteiger partial charge in [0.15, 0.2) is 0 Å². The van der Waals surface area contributed by atoms with E-state index in [9.17, 15) is 19.7 Å². The Morgan fingerprint density at radius 3 is 2.52 bits per heavy atom. The van der Waals surface area contributed by atoms with Crippen LogP contribution in [-0.2, 0) is 16.9 Å². The summed E-state index contributed by atoms with van der Waals surface area (Å²) in [6.07, 6.45) is 1.43. The predicted octanol–water partition coefficient (Wildman–Crippen LogP) is 3.83. The molecular weight excluding hydrogens is 400 g/mol. The minimum absolute atomic E-state index is 0.0539. The number of hydrogen-bond donors (Lipinski definition) is 1. The Morgan fingerprint density at radius 2 is 1.87 bits per heavy atom. The van der Waals surface area contributed by atoms with E-state index < -0.39 is 22.4 Å². The third kappa shape index (κ3) is 3.54. The Kier molecular flexibility index (Phi) is 4.81. The van der Waals surface area contributed by atoms with E-state index >= 15 is 0 Å². The van der Waals surface area contributed by atoms with Crippen LogP contribution in [-0.4, -0.2) is 26.7 Å². The summed E-state index contributed by atoms with van der Waals surface area (Å²) < 4.78 is 5.58. The molecule has 1 saturated heterocycles. The number of nitro benzene ring substituents is 1. The van der Waals surface area contributed by atoms with Gasteiger partial charge in [-0.1, -0.05) is 17.7 Å². The number of nitro groups is 1. The molecule has 1 aromatic heterocycles. The van der Waals surface area contributed by atoms with Crippen molar-refractivity contribution in [3.8, 4) is 11.5 Å². The lowest BCUT2D eigenvalue weighted by molar-refractivity contribution is -0.384. The van der Waals surface area contributed by atoms with E-state index in [4.69, 9.17) is 4.42 Å². The first-order valence-corrected chi connectivity index (χ1v) is 9.60. The second kappa shape index (κ2) is 7.35. The molecule has 3 aromatic rings. The summed E-state index contributed by atoms with van der Waals surface area (Å²) in [6.45, 7) is 5.47. The van der Waals surface area contributed by atoms with Crippen LogP contribution < -0.4 is 5.32 Å². The van der Waals surface area contributed by atoms with Crippen LogP contribution in [0, 0.1) is 24.0 Å². The van der Waals surface area contributed by atoms with Crippen molar-refractivity contribution in [3.05, 3.63) is 81.2 Å². The Balaban J connectivity index is 1.56. The summed E-state index contributed by atoms with van der Waals surface area (Å²) in [6, 6.07) is 10.9. The zero-order valence-corrected chi connectivity index (χ0v) is 17.2. The molecule has 1 unspecified atom stereocenters. The molecule has 1 aliphatic rings. The molecule has 1 aliphatic heterocycles. The number of aryl methyl sites for hydroxylation is 2. The van der Waals surface area contributed by atoms with Crippen molar-refractivity contribution in [2.45, 2.75) is 32.9 Å². The molecule has 0 bridgehead atoms. The van der Waals surface area contributed by atoms with Crippen LogP contribution in [0.2, 0.25) is 0 Å². The van der Waals surface area contributed by atoms with Crippen LogP contribution in [0.15, 0.2) is 53.1 Å². The smallest absolute Gasteiger partial charge is 0.325 e. The number of carbonyl (C=O) groups excluding carboxylic acids is 2. The number of oxazole rings is 1. The standard InChI is InChI=1S/C22H20N4O5/c1-13-4-9-18(14(2)10-13)19-23-16(12-31-19)11-25-20(27)22(3,24-21(25)28)15-5-7-17(8-6-15)26(29)30/h4-10,12H,11H2,1-3H3,(H,24,28). The molecule has 1 fully saturated rings. The molecule has 4 rings (SSSR count). The van der Waals surface area contributed by atoms with Gasteiger partial charge >= 0.3 is 6.03 Å². The van der Waals surface area contributed by atoms with Crippen molar-refractivity contribution in [3.63, 3.8) is 0 Å². The number of non-ortho nitro benzene ring substituents is 1. The number of amides is 3. The van der Waals surface area contributed by atoms with Crippen LogP contribution in [0.3, 0.4) is 0 Å². The number of carbonyl (C=O) groups is 2. The number of nitrogens with one attached hydrogen (secondary N) is 1. The maximum Gasteiger partial charge on any atom is 0.325 e. The topological polar surface area (TPSA) is 119 Å². The molecule has 1 atom stereocenters. The van der Waals surface area contributed by atoms with Gasteiger partial charge in [-0.15, -0.1) is 0 Å². The summed E-state index contributed by atoms with van der Waals surface area (Å²) in [5.41, 5.74) is 2.44. The number of rotatable bonds is 5. The van der Waals surface area contributed by atoms with Gasteiger partial charge in [-0.2, -0.15) is 0 Å². The van der Waals surface area contributed by atoms with Crippen molar-refractivity contribution < 1.29 is 18.9 Å². The fourth-order valence-corrected chi connectivity index (χ4v) is 3.67. The molecule has 9 nitrogen and oxygen atoms in total. The van der Waals surface area contributed by atoms with Crippen LogP contribution in [0.5, 0.6) is 0 Å². The monoisotopic (exact) mass is 420 g/mol. The van der Waals surface area contributed by atoms with Gasteiger partial charge in [-0.25, -0.2) is 9.78 Å². The number of imide groups is 1. The van der Waals surface area contributed by atoms with E-state index in [-0.39, 0.29) is 12.2 Å². The van der Waals surface area contributed by atoms with Crippen molar-refractivity contribution in [1.29, 1.82) is 0 Å².